The smallest absolute Gasteiger partial charge is 0.0431 e. The summed E-state index contributed by atoms with van der Waals surface area (Å²) >= 11 is 0. The zero-order valence-electron chi connectivity index (χ0n) is 11.8. The van der Waals surface area contributed by atoms with Crippen molar-refractivity contribution in [3.8, 4) is 0 Å². The molecule has 0 heterocycles. The largest absolute Gasteiger partial charge is 0.396 e. The first-order valence-corrected chi connectivity index (χ1v) is 7.55. The Balaban J connectivity index is 2.27. The highest BCUT2D eigenvalue weighted by Gasteiger charge is 1.97. The molecule has 0 unspecified atom stereocenters. The molecule has 1 aromatic rings. The van der Waals surface area contributed by atoms with E-state index in [-0.39, 0.29) is 0 Å². The van der Waals surface area contributed by atoms with Crippen LogP contribution in [0.2, 0.25) is 0 Å². The minimum atomic E-state index is 0.331. The van der Waals surface area contributed by atoms with Crippen LogP contribution in [0.3, 0.4) is 0 Å². The van der Waals surface area contributed by atoms with E-state index in [0.29, 0.717) is 6.61 Å². The predicted molar refractivity (Wildman–Crippen MR) is 78.9 cm³/mol. The van der Waals surface area contributed by atoms with E-state index in [1.807, 2.05) is 0 Å². The molecule has 0 amide bonds. The monoisotopic (exact) mass is 248 g/mol. The van der Waals surface area contributed by atoms with E-state index in [1.165, 1.54) is 49.7 Å². The number of benzene rings is 1. The second-order valence-electron chi connectivity index (χ2n) is 5.16. The molecule has 0 aromatic heterocycles. The first-order valence-electron chi connectivity index (χ1n) is 7.55. The van der Waals surface area contributed by atoms with Crippen LogP contribution < -0.4 is 0 Å². The number of aryl methyl sites for hydroxylation is 2. The maximum Gasteiger partial charge on any atom is 0.0431 e. The van der Waals surface area contributed by atoms with Gasteiger partial charge in [0.05, 0.1) is 0 Å². The molecule has 0 saturated carbocycles. The van der Waals surface area contributed by atoms with E-state index in [4.69, 9.17) is 5.11 Å². The van der Waals surface area contributed by atoms with Crippen LogP contribution in [-0.4, -0.2) is 11.7 Å². The van der Waals surface area contributed by atoms with Crippen LogP contribution in [0.15, 0.2) is 24.3 Å². The molecule has 0 aliphatic carbocycles. The van der Waals surface area contributed by atoms with Crippen molar-refractivity contribution in [3.63, 3.8) is 0 Å². The van der Waals surface area contributed by atoms with Crippen molar-refractivity contribution in [1.82, 2.24) is 0 Å². The Morgan fingerprint density at radius 1 is 0.833 bits per heavy atom. The second-order valence-corrected chi connectivity index (χ2v) is 5.16. The second kappa shape index (κ2) is 10.1. The summed E-state index contributed by atoms with van der Waals surface area (Å²) in [6.07, 6.45) is 11.0. The van der Waals surface area contributed by atoms with E-state index < -0.39 is 0 Å². The topological polar surface area (TPSA) is 20.2 Å². The maximum atomic E-state index is 8.75. The van der Waals surface area contributed by atoms with Crippen molar-refractivity contribution in [3.05, 3.63) is 35.4 Å². The lowest BCUT2D eigenvalue weighted by Crippen LogP contribution is -1.91. The van der Waals surface area contributed by atoms with Gasteiger partial charge in [0, 0.05) is 6.61 Å². The van der Waals surface area contributed by atoms with Crippen LogP contribution in [0.5, 0.6) is 0 Å². The minimum Gasteiger partial charge on any atom is -0.396 e. The van der Waals surface area contributed by atoms with Crippen molar-refractivity contribution < 1.29 is 5.11 Å². The standard InChI is InChI=1S/C17H28O/c1-2-3-4-6-10-16-12-9-13-17(15-16)11-7-5-8-14-18/h9,12-13,15,18H,2-8,10-11,14H2,1H3. The number of aliphatic hydroxyl groups is 1. The number of unbranched alkanes of at least 4 members (excludes halogenated alkanes) is 5. The van der Waals surface area contributed by atoms with Gasteiger partial charge in [-0.05, 0) is 43.2 Å². The minimum absolute atomic E-state index is 0.331. The first-order chi connectivity index (χ1) is 8.86. The molecule has 0 aliphatic rings. The molecule has 1 rings (SSSR count). The van der Waals surface area contributed by atoms with Crippen LogP contribution in [0.4, 0.5) is 0 Å². The summed E-state index contributed by atoms with van der Waals surface area (Å²) in [5.41, 5.74) is 2.95. The fourth-order valence-corrected chi connectivity index (χ4v) is 2.31. The van der Waals surface area contributed by atoms with E-state index >= 15 is 0 Å². The molecule has 18 heavy (non-hydrogen) atoms. The third kappa shape index (κ3) is 6.80. The predicted octanol–water partition coefficient (Wildman–Crippen LogP) is 4.51. The third-order valence-electron chi connectivity index (χ3n) is 3.43. The number of hydrogen-bond acceptors (Lipinski definition) is 1. The molecule has 1 N–H and O–H groups in total. The molecule has 1 heteroatoms. The molecule has 0 saturated heterocycles. The van der Waals surface area contributed by atoms with E-state index in [0.717, 1.165) is 19.3 Å². The Kier molecular flexibility index (Phi) is 8.58. The van der Waals surface area contributed by atoms with Crippen molar-refractivity contribution >= 4 is 0 Å². The SMILES string of the molecule is CCCCCCc1cccc(CCCCCO)c1. The molecule has 1 aromatic carbocycles. The van der Waals surface area contributed by atoms with Gasteiger partial charge in [-0.25, -0.2) is 0 Å². The maximum absolute atomic E-state index is 8.75. The van der Waals surface area contributed by atoms with Gasteiger partial charge < -0.3 is 5.11 Å². The van der Waals surface area contributed by atoms with E-state index in [2.05, 4.69) is 31.2 Å². The lowest BCUT2D eigenvalue weighted by Gasteiger charge is -2.05. The van der Waals surface area contributed by atoms with Crippen molar-refractivity contribution in [2.75, 3.05) is 6.61 Å². The van der Waals surface area contributed by atoms with E-state index in [1.54, 1.807) is 0 Å². The fraction of sp³-hybridized carbons (Fsp3) is 0.647. The Bertz CT molecular complexity index is 279. The molecule has 1 nitrogen and oxygen atoms in total. The summed E-state index contributed by atoms with van der Waals surface area (Å²) in [6.45, 7) is 2.59. The molecule has 0 spiro atoms. The number of aliphatic hydroxyl groups excluding tert-OH is 1. The highest BCUT2D eigenvalue weighted by Crippen LogP contribution is 2.12. The fourth-order valence-electron chi connectivity index (χ4n) is 2.31. The van der Waals surface area contributed by atoms with Crippen LogP contribution in [0.1, 0.15) is 63.0 Å². The molecule has 0 atom stereocenters. The van der Waals surface area contributed by atoms with Gasteiger partial charge in [0.15, 0.2) is 0 Å². The van der Waals surface area contributed by atoms with Gasteiger partial charge in [-0.2, -0.15) is 0 Å². The van der Waals surface area contributed by atoms with Gasteiger partial charge in [-0.15, -0.1) is 0 Å². The van der Waals surface area contributed by atoms with Crippen LogP contribution in [0, 0.1) is 0 Å². The van der Waals surface area contributed by atoms with Gasteiger partial charge in [0.25, 0.3) is 0 Å². The lowest BCUT2D eigenvalue weighted by atomic mass is 10.0. The molecular formula is C17H28O. The highest BCUT2D eigenvalue weighted by molar-refractivity contribution is 5.23. The highest BCUT2D eigenvalue weighted by atomic mass is 16.2. The molecular weight excluding hydrogens is 220 g/mol. The zero-order chi connectivity index (χ0) is 13.1. The van der Waals surface area contributed by atoms with Gasteiger partial charge in [-0.1, -0.05) is 56.9 Å². The Hall–Kier alpha value is -0.820. The van der Waals surface area contributed by atoms with Crippen molar-refractivity contribution in [1.29, 1.82) is 0 Å². The Morgan fingerprint density at radius 2 is 1.44 bits per heavy atom. The van der Waals surface area contributed by atoms with Gasteiger partial charge >= 0.3 is 0 Å². The molecule has 0 bridgehead atoms. The average molecular weight is 248 g/mol. The summed E-state index contributed by atoms with van der Waals surface area (Å²) in [5.74, 6) is 0. The van der Waals surface area contributed by atoms with Crippen LogP contribution >= 0.6 is 0 Å². The number of rotatable bonds is 10. The van der Waals surface area contributed by atoms with Crippen molar-refractivity contribution in [2.24, 2.45) is 0 Å². The summed E-state index contributed by atoms with van der Waals surface area (Å²) in [5, 5.41) is 8.75. The first kappa shape index (κ1) is 15.2. The van der Waals surface area contributed by atoms with E-state index in [9.17, 15) is 0 Å². The Morgan fingerprint density at radius 3 is 2.00 bits per heavy atom. The van der Waals surface area contributed by atoms with Gasteiger partial charge in [0.2, 0.25) is 0 Å². The van der Waals surface area contributed by atoms with Gasteiger partial charge in [0.1, 0.15) is 0 Å². The van der Waals surface area contributed by atoms with Gasteiger partial charge in [-0.3, -0.25) is 0 Å². The Labute approximate surface area is 112 Å². The molecule has 0 fully saturated rings. The summed E-state index contributed by atoms with van der Waals surface area (Å²) < 4.78 is 0. The van der Waals surface area contributed by atoms with Crippen molar-refractivity contribution in [2.45, 2.75) is 64.7 Å². The van der Waals surface area contributed by atoms with Crippen LogP contribution in [-0.2, 0) is 12.8 Å². The molecule has 102 valence electrons. The lowest BCUT2D eigenvalue weighted by molar-refractivity contribution is 0.283. The quantitative estimate of drug-likeness (QED) is 0.604. The summed E-state index contributed by atoms with van der Waals surface area (Å²) in [4.78, 5) is 0. The number of hydrogen-bond donors (Lipinski definition) is 1. The third-order valence-corrected chi connectivity index (χ3v) is 3.43. The molecule has 0 aliphatic heterocycles. The zero-order valence-corrected chi connectivity index (χ0v) is 11.8. The average Bonchev–Trinajstić information content (AvgIpc) is 2.40. The normalized spacial score (nSPS) is 10.8. The molecule has 0 radical (unpaired) electrons. The summed E-state index contributed by atoms with van der Waals surface area (Å²) in [6, 6.07) is 9.04. The van der Waals surface area contributed by atoms with Crippen LogP contribution in [0.25, 0.3) is 0 Å². The summed E-state index contributed by atoms with van der Waals surface area (Å²) in [7, 11) is 0.